The molecule has 4 atom stereocenters. The smallest absolute Gasteiger partial charge is 0.270 e. The van der Waals surface area contributed by atoms with Crippen molar-refractivity contribution in [3.8, 4) is 0 Å². The lowest BCUT2D eigenvalue weighted by molar-refractivity contribution is -0.125. The first-order valence-corrected chi connectivity index (χ1v) is 16.8. The second-order valence-electron chi connectivity index (χ2n) is 13.3. The molecule has 2 unspecified atom stereocenters. The number of hydrogen-bond donors (Lipinski definition) is 4. The van der Waals surface area contributed by atoms with E-state index in [1.807, 2.05) is 19.2 Å². The Hall–Kier alpha value is -3.19. The van der Waals surface area contributed by atoms with Crippen LogP contribution in [0.3, 0.4) is 0 Å². The van der Waals surface area contributed by atoms with Gasteiger partial charge in [0.15, 0.2) is 6.30 Å². The summed E-state index contributed by atoms with van der Waals surface area (Å²) in [6, 6.07) is 2.09. The third-order valence-electron chi connectivity index (χ3n) is 9.80. The average molecular weight is 701 g/mol. The fourth-order valence-electron chi connectivity index (χ4n) is 7.26. The number of carbonyl (C=O) groups is 3. The van der Waals surface area contributed by atoms with Gasteiger partial charge >= 0.3 is 0 Å². The Balaban J connectivity index is 0.00000625. The number of nitrogens with two attached hydrogens (primary N) is 1. The fraction of sp³-hybridized carbons (Fsp3) is 0.647. The molecule has 14 heteroatoms. The van der Waals surface area contributed by atoms with Crippen molar-refractivity contribution >= 4 is 35.8 Å². The summed E-state index contributed by atoms with van der Waals surface area (Å²) in [4.78, 5) is 40.5. The van der Waals surface area contributed by atoms with E-state index in [9.17, 15) is 27.6 Å². The maximum absolute atomic E-state index is 15.5. The van der Waals surface area contributed by atoms with E-state index in [1.165, 1.54) is 19.1 Å². The van der Waals surface area contributed by atoms with Gasteiger partial charge < -0.3 is 16.0 Å². The molecule has 2 aliphatic carbocycles. The van der Waals surface area contributed by atoms with Gasteiger partial charge in [-0.15, -0.1) is 12.4 Å². The third kappa shape index (κ3) is 9.71. The predicted molar refractivity (Wildman–Crippen MR) is 178 cm³/mol. The highest BCUT2D eigenvalue weighted by Gasteiger charge is 2.42. The monoisotopic (exact) mass is 700 g/mol. The summed E-state index contributed by atoms with van der Waals surface area (Å²) in [6.07, 6.45) is 6.09. The van der Waals surface area contributed by atoms with E-state index >= 15 is 4.39 Å². The van der Waals surface area contributed by atoms with Gasteiger partial charge in [-0.25, -0.2) is 17.6 Å². The number of rotatable bonds is 13. The van der Waals surface area contributed by atoms with Crippen molar-refractivity contribution in [2.24, 2.45) is 23.5 Å². The minimum absolute atomic E-state index is 0. The Morgan fingerprint density at radius 2 is 1.46 bits per heavy atom. The first-order chi connectivity index (χ1) is 22.4. The van der Waals surface area contributed by atoms with Gasteiger partial charge in [0.05, 0.1) is 11.6 Å². The topological polar surface area (TPSA) is 131 Å². The maximum atomic E-state index is 15.5. The second kappa shape index (κ2) is 18.0. The van der Waals surface area contributed by atoms with Crippen LogP contribution in [0.1, 0.15) is 113 Å². The minimum atomic E-state index is -3.23. The molecule has 5 N–H and O–H groups in total. The summed E-state index contributed by atoms with van der Waals surface area (Å²) < 4.78 is 56.8. The highest BCUT2D eigenvalue weighted by Crippen LogP contribution is 2.42. The number of aromatic nitrogens is 2. The van der Waals surface area contributed by atoms with Crippen LogP contribution >= 0.6 is 12.4 Å². The minimum Gasteiger partial charge on any atom is -0.343 e. The SMILES string of the molecule is CC(C)n1nccc1C(=O)N[C@H](C(=O)Nc1ccc([C@H](C)C(=O)NC(C(N)F)C(F)F)cc1F)C(C1CCCCC1)C1CCCCC1.Cl. The number of halogens is 5. The largest absolute Gasteiger partial charge is 0.343 e. The Labute approximate surface area is 285 Å². The van der Waals surface area contributed by atoms with Crippen molar-refractivity contribution in [3.63, 3.8) is 0 Å². The molecule has 48 heavy (non-hydrogen) atoms. The van der Waals surface area contributed by atoms with Crippen LogP contribution in [0.25, 0.3) is 0 Å². The molecule has 2 aliphatic rings. The van der Waals surface area contributed by atoms with E-state index in [0.717, 1.165) is 70.3 Å². The molecule has 1 aromatic heterocycles. The van der Waals surface area contributed by atoms with Gasteiger partial charge in [0, 0.05) is 12.2 Å². The molecule has 2 fully saturated rings. The zero-order valence-corrected chi connectivity index (χ0v) is 28.6. The predicted octanol–water partition coefficient (Wildman–Crippen LogP) is 6.65. The van der Waals surface area contributed by atoms with Crippen LogP contribution in [-0.4, -0.2) is 52.3 Å². The Kier molecular flexibility index (Phi) is 14.7. The molecule has 0 radical (unpaired) electrons. The highest BCUT2D eigenvalue weighted by atomic mass is 35.5. The molecule has 2 aromatic rings. The number of nitrogens with one attached hydrogen (secondary N) is 3. The first kappa shape index (κ1) is 39.3. The number of alkyl halides is 3. The number of anilines is 1. The summed E-state index contributed by atoms with van der Waals surface area (Å²) in [6.45, 7) is 5.18. The molecular formula is C34H49ClF4N6O3. The summed E-state index contributed by atoms with van der Waals surface area (Å²) in [5, 5.41) is 11.9. The standard InChI is InChI=1S/C34H48F4N6O3.ClH/c1-19(2)44-26(16-17-40-44)33(46)42-28(27(21-10-6-4-7-11-21)22-12-8-5-9-13-22)34(47)41-25-15-14-23(18-24(25)35)20(3)32(45)43-29(30(36)37)31(38)39;/h14-22,27-31H,4-13,39H2,1-3H3,(H,41,47)(H,42,46)(H,43,45);1H/t20-,28-,29?,31?;/m0./s1. The van der Waals surface area contributed by atoms with Crippen molar-refractivity contribution < 1.29 is 31.9 Å². The van der Waals surface area contributed by atoms with Crippen molar-refractivity contribution in [3.05, 3.63) is 47.5 Å². The van der Waals surface area contributed by atoms with E-state index in [4.69, 9.17) is 5.73 Å². The van der Waals surface area contributed by atoms with Gasteiger partial charge in [0.2, 0.25) is 11.8 Å². The molecule has 0 spiro atoms. The van der Waals surface area contributed by atoms with E-state index < -0.39 is 54.3 Å². The van der Waals surface area contributed by atoms with Crippen molar-refractivity contribution in [1.82, 2.24) is 20.4 Å². The van der Waals surface area contributed by atoms with Crippen molar-refractivity contribution in [2.75, 3.05) is 5.32 Å². The van der Waals surface area contributed by atoms with Crippen LogP contribution in [0.15, 0.2) is 30.5 Å². The van der Waals surface area contributed by atoms with Crippen molar-refractivity contribution in [2.45, 2.75) is 122 Å². The van der Waals surface area contributed by atoms with E-state index in [2.05, 4.69) is 15.7 Å². The summed E-state index contributed by atoms with van der Waals surface area (Å²) in [5.41, 5.74) is 5.25. The Morgan fingerprint density at radius 1 is 0.875 bits per heavy atom. The lowest BCUT2D eigenvalue weighted by Crippen LogP contribution is -2.53. The number of amides is 3. The highest BCUT2D eigenvalue weighted by molar-refractivity contribution is 6.01. The molecule has 268 valence electrons. The van der Waals surface area contributed by atoms with Gasteiger partial charge in [-0.1, -0.05) is 70.3 Å². The molecule has 3 amide bonds. The molecule has 1 aromatic carbocycles. The van der Waals surface area contributed by atoms with Crippen LogP contribution < -0.4 is 21.7 Å². The normalized spacial score (nSPS) is 18.6. The van der Waals surface area contributed by atoms with Crippen LogP contribution in [0.4, 0.5) is 23.2 Å². The quantitative estimate of drug-likeness (QED) is 0.137. The average Bonchev–Trinajstić information content (AvgIpc) is 3.55. The molecule has 4 rings (SSSR count). The van der Waals surface area contributed by atoms with E-state index in [1.54, 1.807) is 16.9 Å². The Bertz CT molecular complexity index is 1340. The second-order valence-corrected chi connectivity index (χ2v) is 13.3. The molecular weight excluding hydrogens is 652 g/mol. The molecule has 0 aliphatic heterocycles. The van der Waals surface area contributed by atoms with Crippen LogP contribution in [-0.2, 0) is 9.59 Å². The van der Waals surface area contributed by atoms with Crippen LogP contribution in [0.5, 0.6) is 0 Å². The molecule has 9 nitrogen and oxygen atoms in total. The molecule has 1 heterocycles. The zero-order valence-electron chi connectivity index (χ0n) is 27.8. The zero-order chi connectivity index (χ0) is 34.2. The fourth-order valence-corrected chi connectivity index (χ4v) is 7.26. The number of carbonyl (C=O) groups excluding carboxylic acids is 3. The van der Waals surface area contributed by atoms with Gasteiger partial charge in [-0.3, -0.25) is 24.8 Å². The van der Waals surface area contributed by atoms with Crippen LogP contribution in [0.2, 0.25) is 0 Å². The lowest BCUT2D eigenvalue weighted by Gasteiger charge is -2.42. The number of nitrogens with zero attached hydrogens (tertiary/aromatic N) is 2. The third-order valence-corrected chi connectivity index (χ3v) is 9.80. The van der Waals surface area contributed by atoms with Crippen molar-refractivity contribution in [1.29, 1.82) is 0 Å². The molecule has 2 saturated carbocycles. The first-order valence-electron chi connectivity index (χ1n) is 16.8. The number of benzene rings is 1. The van der Waals surface area contributed by atoms with E-state index in [-0.39, 0.29) is 47.5 Å². The molecule has 0 saturated heterocycles. The summed E-state index contributed by atoms with van der Waals surface area (Å²) in [7, 11) is 0. The van der Waals surface area contributed by atoms with Gasteiger partial charge in [-0.05, 0) is 62.3 Å². The van der Waals surface area contributed by atoms with Gasteiger partial charge in [0.1, 0.15) is 23.6 Å². The van der Waals surface area contributed by atoms with Gasteiger partial charge in [-0.2, -0.15) is 5.10 Å². The lowest BCUT2D eigenvalue weighted by atomic mass is 9.66. The van der Waals surface area contributed by atoms with Crippen LogP contribution in [0, 0.1) is 23.6 Å². The van der Waals surface area contributed by atoms with E-state index in [0.29, 0.717) is 5.69 Å². The summed E-state index contributed by atoms with van der Waals surface area (Å²) >= 11 is 0. The molecule has 0 bridgehead atoms. The Morgan fingerprint density at radius 3 is 1.96 bits per heavy atom. The maximum Gasteiger partial charge on any atom is 0.270 e. The summed E-state index contributed by atoms with van der Waals surface area (Å²) in [5.74, 6) is -3.59. The van der Waals surface area contributed by atoms with Gasteiger partial charge in [0.25, 0.3) is 12.3 Å². The number of hydrogen-bond acceptors (Lipinski definition) is 5.